The lowest BCUT2D eigenvalue weighted by Gasteiger charge is -2.42. The summed E-state index contributed by atoms with van der Waals surface area (Å²) in [4.78, 5) is 12.9. The number of ether oxygens (including phenoxy) is 1. The molecule has 0 bridgehead atoms. The van der Waals surface area contributed by atoms with Gasteiger partial charge in [0.15, 0.2) is 0 Å². The van der Waals surface area contributed by atoms with Crippen molar-refractivity contribution in [3.8, 4) is 0 Å². The van der Waals surface area contributed by atoms with Crippen LogP contribution in [0, 0.1) is 0 Å². The van der Waals surface area contributed by atoms with Crippen LogP contribution in [-0.4, -0.2) is 40.9 Å². The molecule has 1 N–H and O–H groups in total. The summed E-state index contributed by atoms with van der Waals surface area (Å²) in [5, 5.41) is 9.28. The molecule has 0 spiro atoms. The molecule has 0 atom stereocenters. The van der Waals surface area contributed by atoms with Gasteiger partial charge in [0.05, 0.1) is 6.10 Å². The van der Waals surface area contributed by atoms with E-state index in [4.69, 9.17) is 4.74 Å². The third-order valence-electron chi connectivity index (χ3n) is 3.27. The average Bonchev–Trinajstić information content (AvgIpc) is 2.16. The van der Waals surface area contributed by atoms with E-state index < -0.39 is 6.09 Å². The fraction of sp³-hybridized carbons (Fsp3) is 0.917. The van der Waals surface area contributed by atoms with Crippen LogP contribution in [0.5, 0.6) is 0 Å². The first-order valence-corrected chi connectivity index (χ1v) is 5.91. The second-order valence-corrected chi connectivity index (χ2v) is 5.49. The van der Waals surface area contributed by atoms with Gasteiger partial charge in [0.2, 0.25) is 0 Å². The van der Waals surface area contributed by atoms with E-state index in [1.807, 2.05) is 20.8 Å². The Kier molecular flexibility index (Phi) is 4.19. The first-order chi connectivity index (χ1) is 7.36. The summed E-state index contributed by atoms with van der Waals surface area (Å²) in [6.07, 6.45) is 3.23. The van der Waals surface area contributed by atoms with Crippen molar-refractivity contribution in [2.45, 2.75) is 64.1 Å². The fourth-order valence-corrected chi connectivity index (χ4v) is 2.53. The molecular formula is C12H23NO3. The minimum Gasteiger partial charge on any atom is -0.465 e. The zero-order valence-electron chi connectivity index (χ0n) is 10.7. The molecule has 1 saturated carbocycles. The average molecular weight is 229 g/mol. The maximum atomic E-state index is 11.3. The highest BCUT2D eigenvalue weighted by Crippen LogP contribution is 2.29. The molecule has 4 heteroatoms. The molecule has 1 amide bonds. The van der Waals surface area contributed by atoms with Gasteiger partial charge >= 0.3 is 6.09 Å². The highest BCUT2D eigenvalue weighted by Gasteiger charge is 2.35. The van der Waals surface area contributed by atoms with Gasteiger partial charge in [-0.1, -0.05) is 0 Å². The first kappa shape index (κ1) is 13.3. The molecule has 4 nitrogen and oxygen atoms in total. The Bertz CT molecular complexity index is 239. The summed E-state index contributed by atoms with van der Waals surface area (Å²) in [7, 11) is 1.73. The highest BCUT2D eigenvalue weighted by molar-refractivity contribution is 5.66. The van der Waals surface area contributed by atoms with Crippen LogP contribution in [0.1, 0.15) is 46.5 Å². The summed E-state index contributed by atoms with van der Waals surface area (Å²) >= 11 is 0. The maximum Gasteiger partial charge on any atom is 0.407 e. The van der Waals surface area contributed by atoms with Crippen molar-refractivity contribution >= 4 is 6.09 Å². The number of rotatable bonds is 2. The molecule has 0 aromatic heterocycles. The van der Waals surface area contributed by atoms with Crippen molar-refractivity contribution in [3.05, 3.63) is 0 Å². The largest absolute Gasteiger partial charge is 0.465 e. The molecule has 1 aliphatic carbocycles. The van der Waals surface area contributed by atoms with Gasteiger partial charge in [-0.2, -0.15) is 0 Å². The molecule has 0 radical (unpaired) electrons. The molecule has 1 fully saturated rings. The topological polar surface area (TPSA) is 49.8 Å². The van der Waals surface area contributed by atoms with Gasteiger partial charge in [0.25, 0.3) is 0 Å². The normalized spacial score (nSPS) is 26.5. The van der Waals surface area contributed by atoms with Gasteiger partial charge in [0.1, 0.15) is 0 Å². The Morgan fingerprint density at radius 3 is 2.06 bits per heavy atom. The smallest absolute Gasteiger partial charge is 0.407 e. The number of hydrogen-bond donors (Lipinski definition) is 1. The molecule has 0 aliphatic heterocycles. The summed E-state index contributed by atoms with van der Waals surface area (Å²) in [5.74, 6) is 0. The van der Waals surface area contributed by atoms with Crippen molar-refractivity contribution < 1.29 is 14.6 Å². The van der Waals surface area contributed by atoms with Crippen molar-refractivity contribution in [2.24, 2.45) is 0 Å². The minimum atomic E-state index is -0.812. The van der Waals surface area contributed by atoms with Crippen molar-refractivity contribution in [2.75, 3.05) is 7.11 Å². The van der Waals surface area contributed by atoms with Crippen LogP contribution in [-0.2, 0) is 4.74 Å². The van der Waals surface area contributed by atoms with Crippen molar-refractivity contribution in [3.63, 3.8) is 0 Å². The molecule has 1 aliphatic rings. The Hall–Kier alpha value is -0.770. The molecule has 0 saturated heterocycles. The van der Waals surface area contributed by atoms with E-state index in [0.717, 1.165) is 25.7 Å². The van der Waals surface area contributed by atoms with Gasteiger partial charge in [-0.15, -0.1) is 0 Å². The zero-order valence-corrected chi connectivity index (χ0v) is 10.7. The van der Waals surface area contributed by atoms with Gasteiger partial charge in [-0.3, -0.25) is 0 Å². The quantitative estimate of drug-likeness (QED) is 0.792. The monoisotopic (exact) mass is 229 g/mol. The van der Waals surface area contributed by atoms with E-state index >= 15 is 0 Å². The van der Waals surface area contributed by atoms with E-state index in [2.05, 4.69) is 0 Å². The first-order valence-electron chi connectivity index (χ1n) is 5.91. The van der Waals surface area contributed by atoms with Gasteiger partial charge in [-0.25, -0.2) is 4.79 Å². The number of nitrogens with zero attached hydrogens (tertiary/aromatic N) is 1. The fourth-order valence-electron chi connectivity index (χ4n) is 2.53. The summed E-state index contributed by atoms with van der Waals surface area (Å²) in [6.45, 7) is 5.84. The van der Waals surface area contributed by atoms with Crippen molar-refractivity contribution in [1.82, 2.24) is 4.90 Å². The second-order valence-electron chi connectivity index (χ2n) is 5.49. The SMILES string of the molecule is COC1CCC(N(C(=O)O)C(C)(C)C)CC1. The molecule has 94 valence electrons. The van der Waals surface area contributed by atoms with Crippen LogP contribution in [0.25, 0.3) is 0 Å². The number of carboxylic acid groups (broad SMARTS) is 1. The molecular weight excluding hydrogens is 206 g/mol. The Labute approximate surface area is 97.6 Å². The Balaban J connectivity index is 2.65. The molecule has 0 heterocycles. The van der Waals surface area contributed by atoms with Crippen molar-refractivity contribution in [1.29, 1.82) is 0 Å². The van der Waals surface area contributed by atoms with Crippen LogP contribution in [0.2, 0.25) is 0 Å². The zero-order chi connectivity index (χ0) is 12.3. The lowest BCUT2D eigenvalue weighted by atomic mass is 9.89. The number of carbonyl (C=O) groups is 1. The van der Waals surface area contributed by atoms with Crippen LogP contribution >= 0.6 is 0 Å². The number of hydrogen-bond acceptors (Lipinski definition) is 2. The summed E-state index contributed by atoms with van der Waals surface area (Å²) < 4.78 is 5.30. The molecule has 16 heavy (non-hydrogen) atoms. The summed E-state index contributed by atoms with van der Waals surface area (Å²) in [6, 6.07) is 0.142. The third kappa shape index (κ3) is 3.11. The van der Waals surface area contributed by atoms with Gasteiger partial charge in [0, 0.05) is 18.7 Å². The second kappa shape index (κ2) is 5.04. The Morgan fingerprint density at radius 1 is 1.25 bits per heavy atom. The van der Waals surface area contributed by atoms with Crippen LogP contribution in [0.3, 0.4) is 0 Å². The summed E-state index contributed by atoms with van der Waals surface area (Å²) in [5.41, 5.74) is -0.323. The van der Waals surface area contributed by atoms with Crippen LogP contribution in [0.4, 0.5) is 4.79 Å². The highest BCUT2D eigenvalue weighted by atomic mass is 16.5. The molecule has 0 unspecified atom stereocenters. The Morgan fingerprint density at radius 2 is 1.75 bits per heavy atom. The lowest BCUT2D eigenvalue weighted by Crippen LogP contribution is -2.52. The third-order valence-corrected chi connectivity index (χ3v) is 3.27. The standard InChI is InChI=1S/C12H23NO3/c1-12(2,3)13(11(14)15)9-5-7-10(16-4)8-6-9/h9-10H,5-8H2,1-4H3,(H,14,15). The predicted octanol–water partition coefficient (Wildman–Crippen LogP) is 2.72. The number of methoxy groups -OCH3 is 1. The van der Waals surface area contributed by atoms with Crippen LogP contribution < -0.4 is 0 Å². The molecule has 1 rings (SSSR count). The predicted molar refractivity (Wildman–Crippen MR) is 62.7 cm³/mol. The lowest BCUT2D eigenvalue weighted by molar-refractivity contribution is 0.0148. The number of amides is 1. The van der Waals surface area contributed by atoms with Gasteiger partial charge in [-0.05, 0) is 46.5 Å². The maximum absolute atomic E-state index is 11.3. The van der Waals surface area contributed by atoms with Gasteiger partial charge < -0.3 is 14.7 Å². The van der Waals surface area contributed by atoms with E-state index in [9.17, 15) is 9.90 Å². The van der Waals surface area contributed by atoms with E-state index in [1.165, 1.54) is 0 Å². The van der Waals surface area contributed by atoms with Crippen LogP contribution in [0.15, 0.2) is 0 Å². The molecule has 0 aromatic rings. The molecule has 0 aromatic carbocycles. The van der Waals surface area contributed by atoms with E-state index in [1.54, 1.807) is 12.0 Å². The van der Waals surface area contributed by atoms with E-state index in [-0.39, 0.29) is 11.6 Å². The van der Waals surface area contributed by atoms with E-state index in [0.29, 0.717) is 6.10 Å². The minimum absolute atomic E-state index is 0.142.